The summed E-state index contributed by atoms with van der Waals surface area (Å²) in [6.45, 7) is 7.24. The van der Waals surface area contributed by atoms with Crippen molar-refractivity contribution >= 4 is 55.3 Å². The fourth-order valence-corrected chi connectivity index (χ4v) is 5.82. The molecule has 1 aliphatic carbocycles. The predicted octanol–water partition coefficient (Wildman–Crippen LogP) is 7.18. The average molecular weight is 502 g/mol. The second kappa shape index (κ2) is 11.4. The van der Waals surface area contributed by atoms with E-state index in [4.69, 9.17) is 0 Å². The van der Waals surface area contributed by atoms with Gasteiger partial charge in [-0.15, -0.1) is 11.3 Å². The minimum atomic E-state index is 0.410. The Morgan fingerprint density at radius 1 is 1.17 bits per heavy atom. The third-order valence-electron chi connectivity index (χ3n) is 7.44. The van der Waals surface area contributed by atoms with Gasteiger partial charge >= 0.3 is 0 Å². The van der Waals surface area contributed by atoms with Crippen LogP contribution in [0.3, 0.4) is 0 Å². The number of ketones is 1. The maximum Gasteiger partial charge on any atom is 0.139 e. The van der Waals surface area contributed by atoms with Crippen LogP contribution in [0.25, 0.3) is 26.8 Å². The number of Topliss-reactive ketones (excluding diaryl/α,β-unsaturated/α-hetero) is 1. The number of carbonyl (C=O) groups excluding carboxylic acids is 1. The summed E-state index contributed by atoms with van der Waals surface area (Å²) in [7, 11) is 0. The number of thiazole rings is 1. The summed E-state index contributed by atoms with van der Waals surface area (Å²) >= 11 is 1.65. The van der Waals surface area contributed by atoms with E-state index in [2.05, 4.69) is 69.4 Å². The molecule has 2 N–H and O–H groups in total. The van der Waals surface area contributed by atoms with Crippen LogP contribution in [-0.4, -0.2) is 45.3 Å². The van der Waals surface area contributed by atoms with Crippen LogP contribution in [0.15, 0.2) is 48.1 Å². The van der Waals surface area contributed by atoms with Gasteiger partial charge in [-0.1, -0.05) is 19.9 Å². The standard InChI is InChI=1S/C29H35N5OS/c1-3-34(4-2)16-14-23(35)11-7-20-5-8-21(9-6-20)27-18-24-25(13-15-30-29(24)33-27)32-22-10-12-26-28(17-22)36-19-31-26/h8,10,12-13,15,17-20H,3-7,9,11,14,16H2,1-2H3,(H2,30,32,33). The van der Waals surface area contributed by atoms with Crippen LogP contribution in [-0.2, 0) is 4.79 Å². The van der Waals surface area contributed by atoms with Crippen LogP contribution >= 0.6 is 11.3 Å². The lowest BCUT2D eigenvalue weighted by molar-refractivity contribution is -0.119. The quantitative estimate of drug-likeness (QED) is 0.228. The molecule has 7 heteroatoms. The summed E-state index contributed by atoms with van der Waals surface area (Å²) in [6, 6.07) is 10.5. The Morgan fingerprint density at radius 2 is 2.06 bits per heavy atom. The van der Waals surface area contributed by atoms with Crippen molar-refractivity contribution in [3.05, 3.63) is 53.8 Å². The van der Waals surface area contributed by atoms with E-state index in [1.807, 2.05) is 17.8 Å². The van der Waals surface area contributed by atoms with Gasteiger partial charge in [0.05, 0.1) is 21.4 Å². The molecule has 0 fully saturated rings. The fraction of sp³-hybridized carbons (Fsp3) is 0.414. The molecular formula is C29H35N5OS. The second-order valence-electron chi connectivity index (χ2n) is 9.69. The number of aromatic amines is 1. The molecule has 4 aromatic rings. The van der Waals surface area contributed by atoms with Crippen LogP contribution in [0.5, 0.6) is 0 Å². The maximum atomic E-state index is 12.4. The van der Waals surface area contributed by atoms with Crippen molar-refractivity contribution in [1.29, 1.82) is 0 Å². The number of anilines is 2. The van der Waals surface area contributed by atoms with E-state index in [1.54, 1.807) is 11.3 Å². The Bertz CT molecular complexity index is 1370. The topological polar surface area (TPSA) is 73.9 Å². The van der Waals surface area contributed by atoms with Gasteiger partial charge in [-0.2, -0.15) is 0 Å². The lowest BCUT2D eigenvalue weighted by atomic mass is 9.85. The zero-order valence-corrected chi connectivity index (χ0v) is 22.0. The summed E-state index contributed by atoms with van der Waals surface area (Å²) in [4.78, 5) is 27.2. The third kappa shape index (κ3) is 5.68. The molecule has 3 aromatic heterocycles. The summed E-state index contributed by atoms with van der Waals surface area (Å²) in [6.07, 6.45) is 9.84. The molecule has 0 spiro atoms. The van der Waals surface area contributed by atoms with E-state index in [-0.39, 0.29) is 0 Å². The minimum absolute atomic E-state index is 0.410. The van der Waals surface area contributed by atoms with Crippen molar-refractivity contribution in [2.75, 3.05) is 25.0 Å². The first kappa shape index (κ1) is 24.7. The molecule has 0 amide bonds. The Hall–Kier alpha value is -3.03. The number of hydrogen-bond acceptors (Lipinski definition) is 6. The summed E-state index contributed by atoms with van der Waals surface area (Å²) in [5.41, 5.74) is 8.41. The zero-order valence-electron chi connectivity index (χ0n) is 21.2. The molecule has 3 heterocycles. The number of allylic oxidation sites excluding steroid dienone is 2. The number of aromatic nitrogens is 3. The molecule has 5 rings (SSSR count). The molecule has 0 saturated carbocycles. The van der Waals surface area contributed by atoms with Gasteiger partial charge in [-0.3, -0.25) is 4.79 Å². The zero-order chi connectivity index (χ0) is 24.9. The highest BCUT2D eigenvalue weighted by atomic mass is 32.1. The largest absolute Gasteiger partial charge is 0.355 e. The Labute approximate surface area is 216 Å². The number of hydrogen-bond donors (Lipinski definition) is 2. The molecule has 36 heavy (non-hydrogen) atoms. The van der Waals surface area contributed by atoms with Gasteiger partial charge in [0.1, 0.15) is 11.4 Å². The van der Waals surface area contributed by atoms with Gasteiger partial charge in [-0.25, -0.2) is 9.97 Å². The van der Waals surface area contributed by atoms with Crippen molar-refractivity contribution in [3.63, 3.8) is 0 Å². The molecule has 0 radical (unpaired) electrons. The highest BCUT2D eigenvalue weighted by molar-refractivity contribution is 7.16. The van der Waals surface area contributed by atoms with E-state index < -0.39 is 0 Å². The fourth-order valence-electron chi connectivity index (χ4n) is 5.11. The summed E-state index contributed by atoms with van der Waals surface area (Å²) in [5, 5.41) is 4.66. The van der Waals surface area contributed by atoms with E-state index in [9.17, 15) is 4.79 Å². The van der Waals surface area contributed by atoms with E-state index >= 15 is 0 Å². The molecule has 1 aliphatic rings. The maximum absolute atomic E-state index is 12.4. The molecule has 1 atom stereocenters. The number of nitrogens with zero attached hydrogens (tertiary/aromatic N) is 3. The first-order valence-electron chi connectivity index (χ1n) is 13.1. The van der Waals surface area contributed by atoms with Gasteiger partial charge in [0.15, 0.2) is 0 Å². The molecule has 0 saturated heterocycles. The second-order valence-corrected chi connectivity index (χ2v) is 10.6. The first-order chi connectivity index (χ1) is 17.6. The lowest BCUT2D eigenvalue weighted by Gasteiger charge is -2.21. The molecule has 6 nitrogen and oxygen atoms in total. The smallest absolute Gasteiger partial charge is 0.139 e. The molecular weight excluding hydrogens is 466 g/mol. The highest BCUT2D eigenvalue weighted by Gasteiger charge is 2.19. The minimum Gasteiger partial charge on any atom is -0.355 e. The van der Waals surface area contributed by atoms with E-state index in [0.29, 0.717) is 24.5 Å². The van der Waals surface area contributed by atoms with Gasteiger partial charge in [0, 0.05) is 42.4 Å². The molecule has 0 aliphatic heterocycles. The lowest BCUT2D eigenvalue weighted by Crippen LogP contribution is -2.25. The summed E-state index contributed by atoms with van der Waals surface area (Å²) in [5.74, 6) is 1.01. The number of benzene rings is 1. The number of H-pyrrole nitrogens is 1. The number of pyridine rings is 1. The average Bonchev–Trinajstić information content (AvgIpc) is 3.56. The van der Waals surface area contributed by atoms with Crippen LogP contribution in [0, 0.1) is 5.92 Å². The van der Waals surface area contributed by atoms with Crippen molar-refractivity contribution in [2.45, 2.75) is 52.4 Å². The first-order valence-corrected chi connectivity index (χ1v) is 14.0. The van der Waals surface area contributed by atoms with E-state index in [1.165, 1.54) is 10.3 Å². The van der Waals surface area contributed by atoms with Gasteiger partial charge < -0.3 is 15.2 Å². The molecule has 1 aromatic carbocycles. The molecule has 0 bridgehead atoms. The Morgan fingerprint density at radius 3 is 2.86 bits per heavy atom. The van der Waals surface area contributed by atoms with Gasteiger partial charge in [-0.05, 0) is 80.6 Å². The number of nitrogens with one attached hydrogen (secondary N) is 2. The summed E-state index contributed by atoms with van der Waals surface area (Å²) < 4.78 is 1.17. The Kier molecular flexibility index (Phi) is 7.78. The van der Waals surface area contributed by atoms with Crippen molar-refractivity contribution in [1.82, 2.24) is 19.9 Å². The predicted molar refractivity (Wildman–Crippen MR) is 151 cm³/mol. The van der Waals surface area contributed by atoms with Crippen LogP contribution in [0.2, 0.25) is 0 Å². The number of carbonyl (C=O) groups is 1. The van der Waals surface area contributed by atoms with Crippen molar-refractivity contribution in [2.24, 2.45) is 5.92 Å². The number of rotatable bonds is 11. The van der Waals surface area contributed by atoms with Gasteiger partial charge in [0.25, 0.3) is 0 Å². The number of fused-ring (bicyclic) bond motifs is 2. The molecule has 188 valence electrons. The van der Waals surface area contributed by atoms with Crippen LogP contribution < -0.4 is 5.32 Å². The van der Waals surface area contributed by atoms with Crippen molar-refractivity contribution < 1.29 is 4.79 Å². The van der Waals surface area contributed by atoms with Crippen LogP contribution in [0.4, 0.5) is 11.4 Å². The monoisotopic (exact) mass is 501 g/mol. The SMILES string of the molecule is CCN(CC)CCC(=O)CCC1CC=C(c2cc3c(Nc4ccc5ncsc5c4)ccnc3[nH]2)CC1. The highest BCUT2D eigenvalue weighted by Crippen LogP contribution is 2.35. The third-order valence-corrected chi connectivity index (χ3v) is 8.23. The normalized spacial score (nSPS) is 16.1. The van der Waals surface area contributed by atoms with E-state index in [0.717, 1.165) is 78.9 Å². The van der Waals surface area contributed by atoms with Crippen LogP contribution in [0.1, 0.15) is 58.1 Å². The van der Waals surface area contributed by atoms with Gasteiger partial charge in [0.2, 0.25) is 0 Å². The Balaban J connectivity index is 1.21. The molecule has 1 unspecified atom stereocenters. The van der Waals surface area contributed by atoms with Crippen molar-refractivity contribution in [3.8, 4) is 0 Å².